The number of nitrogens with zero attached hydrogens (tertiary/aromatic N) is 3. The maximum Gasteiger partial charge on any atom is 0.295 e. The molecule has 0 radical (unpaired) electrons. The maximum absolute atomic E-state index is 13.0. The molecule has 7 heteroatoms. The van der Waals surface area contributed by atoms with Crippen LogP contribution in [0.3, 0.4) is 0 Å². The van der Waals surface area contributed by atoms with Gasteiger partial charge in [0.2, 0.25) is 5.91 Å². The summed E-state index contributed by atoms with van der Waals surface area (Å²) in [7, 11) is 1.83. The number of piperidine rings is 1. The molecule has 1 aliphatic rings. The lowest BCUT2D eigenvalue weighted by Gasteiger charge is -2.31. The molecule has 2 heterocycles. The predicted octanol–water partition coefficient (Wildman–Crippen LogP) is 4.10. The number of para-hydroxylation sites is 1. The Balaban J connectivity index is 1.40. The van der Waals surface area contributed by atoms with Crippen molar-refractivity contribution in [2.24, 2.45) is 13.0 Å². The molecule has 31 heavy (non-hydrogen) atoms. The summed E-state index contributed by atoms with van der Waals surface area (Å²) < 4.78 is 4.45. The largest absolute Gasteiger partial charge is 0.320 e. The molecule has 0 atom stereocenters. The number of nitrogens with one attached hydrogen (secondary N) is 1. The SMILES string of the molecule is Cc1c(NC(=O)C2CCN(Cc3ccc(Br)cc3)CC2)c(=O)n(-c2ccccc2)n1C. The molecule has 1 aliphatic heterocycles. The first-order chi connectivity index (χ1) is 14.9. The zero-order chi connectivity index (χ0) is 22.0. The highest BCUT2D eigenvalue weighted by Crippen LogP contribution is 2.22. The molecule has 4 rings (SSSR count). The minimum atomic E-state index is -0.202. The molecule has 1 aromatic heterocycles. The van der Waals surface area contributed by atoms with Gasteiger partial charge in [-0.3, -0.25) is 19.2 Å². The fourth-order valence-electron chi connectivity index (χ4n) is 4.14. The number of amides is 1. The van der Waals surface area contributed by atoms with Crippen molar-refractivity contribution in [3.8, 4) is 5.69 Å². The van der Waals surface area contributed by atoms with Gasteiger partial charge in [-0.1, -0.05) is 46.3 Å². The van der Waals surface area contributed by atoms with E-state index in [4.69, 9.17) is 0 Å². The molecule has 2 aromatic carbocycles. The van der Waals surface area contributed by atoms with Crippen LogP contribution >= 0.6 is 15.9 Å². The van der Waals surface area contributed by atoms with E-state index in [1.807, 2.05) is 44.3 Å². The highest BCUT2D eigenvalue weighted by atomic mass is 79.9. The van der Waals surface area contributed by atoms with E-state index in [1.165, 1.54) is 5.56 Å². The van der Waals surface area contributed by atoms with Gasteiger partial charge in [0.15, 0.2) is 0 Å². The van der Waals surface area contributed by atoms with Crippen LogP contribution in [0, 0.1) is 12.8 Å². The van der Waals surface area contributed by atoms with Crippen LogP contribution in [-0.2, 0) is 18.4 Å². The number of likely N-dealkylation sites (tertiary alicyclic amines) is 1. The lowest BCUT2D eigenvalue weighted by atomic mass is 9.95. The summed E-state index contributed by atoms with van der Waals surface area (Å²) in [6, 6.07) is 17.8. The Kier molecular flexibility index (Phi) is 6.43. The highest BCUT2D eigenvalue weighted by molar-refractivity contribution is 9.10. The van der Waals surface area contributed by atoms with Crippen molar-refractivity contribution < 1.29 is 4.79 Å². The number of halogens is 1. The van der Waals surface area contributed by atoms with Gasteiger partial charge in [0.05, 0.1) is 11.4 Å². The normalized spacial score (nSPS) is 15.2. The predicted molar refractivity (Wildman–Crippen MR) is 127 cm³/mol. The number of carbonyl (C=O) groups is 1. The van der Waals surface area contributed by atoms with Gasteiger partial charge >= 0.3 is 0 Å². The fraction of sp³-hybridized carbons (Fsp3) is 0.333. The van der Waals surface area contributed by atoms with Gasteiger partial charge in [-0.05, 0) is 62.7 Å². The molecule has 0 spiro atoms. The summed E-state index contributed by atoms with van der Waals surface area (Å²) >= 11 is 3.47. The van der Waals surface area contributed by atoms with Crippen molar-refractivity contribution >= 4 is 27.5 Å². The molecule has 0 bridgehead atoms. The molecule has 1 amide bonds. The molecule has 1 N–H and O–H groups in total. The number of rotatable bonds is 5. The third-order valence-corrected chi connectivity index (χ3v) is 6.61. The van der Waals surface area contributed by atoms with Gasteiger partial charge in [-0.15, -0.1) is 0 Å². The Labute approximate surface area is 190 Å². The summed E-state index contributed by atoms with van der Waals surface area (Å²) in [5, 5.41) is 2.93. The van der Waals surface area contributed by atoms with Crippen LogP contribution in [0.5, 0.6) is 0 Å². The van der Waals surface area contributed by atoms with E-state index in [-0.39, 0.29) is 17.4 Å². The average Bonchev–Trinajstić information content (AvgIpc) is 2.99. The Bertz CT molecular complexity index is 1110. The Morgan fingerprint density at radius 2 is 1.71 bits per heavy atom. The van der Waals surface area contributed by atoms with Crippen molar-refractivity contribution in [2.45, 2.75) is 26.3 Å². The van der Waals surface area contributed by atoms with Crippen LogP contribution in [0.2, 0.25) is 0 Å². The molecule has 162 valence electrons. The Hall–Kier alpha value is -2.64. The first-order valence-electron chi connectivity index (χ1n) is 10.6. The average molecular weight is 483 g/mol. The minimum Gasteiger partial charge on any atom is -0.320 e. The first kappa shape index (κ1) is 21.6. The zero-order valence-corrected chi connectivity index (χ0v) is 19.4. The molecule has 1 saturated heterocycles. The molecule has 1 fully saturated rings. The van der Waals surface area contributed by atoms with Crippen LogP contribution in [0.4, 0.5) is 5.69 Å². The van der Waals surface area contributed by atoms with E-state index in [0.29, 0.717) is 5.69 Å². The monoisotopic (exact) mass is 482 g/mol. The number of anilines is 1. The summed E-state index contributed by atoms with van der Waals surface area (Å²) in [4.78, 5) is 28.3. The quantitative estimate of drug-likeness (QED) is 0.595. The second-order valence-corrected chi connectivity index (χ2v) is 9.02. The van der Waals surface area contributed by atoms with Crippen LogP contribution in [0.1, 0.15) is 24.1 Å². The van der Waals surface area contributed by atoms with E-state index >= 15 is 0 Å². The number of aromatic nitrogens is 2. The van der Waals surface area contributed by atoms with Crippen LogP contribution < -0.4 is 10.9 Å². The first-order valence-corrected chi connectivity index (χ1v) is 11.3. The van der Waals surface area contributed by atoms with Gasteiger partial charge < -0.3 is 5.32 Å². The van der Waals surface area contributed by atoms with Crippen molar-refractivity contribution in [3.05, 3.63) is 80.7 Å². The summed E-state index contributed by atoms with van der Waals surface area (Å²) in [6.07, 6.45) is 1.59. The van der Waals surface area contributed by atoms with Gasteiger partial charge in [0.1, 0.15) is 5.69 Å². The van der Waals surface area contributed by atoms with Crippen molar-refractivity contribution in [1.29, 1.82) is 0 Å². The lowest BCUT2D eigenvalue weighted by molar-refractivity contribution is -0.121. The molecule has 3 aromatic rings. The highest BCUT2D eigenvalue weighted by Gasteiger charge is 2.27. The number of carbonyl (C=O) groups excluding carboxylic acids is 1. The molecular weight excluding hydrogens is 456 g/mol. The van der Waals surface area contributed by atoms with E-state index in [1.54, 1.807) is 9.36 Å². The number of benzene rings is 2. The van der Waals surface area contributed by atoms with E-state index < -0.39 is 0 Å². The standard InChI is InChI=1S/C24H27BrN4O2/c1-17-22(24(31)29(27(17)2)21-6-4-3-5-7-21)26-23(30)19-12-14-28(15-13-19)16-18-8-10-20(25)11-9-18/h3-11,19H,12-16H2,1-2H3,(H,26,30). The Morgan fingerprint density at radius 3 is 2.35 bits per heavy atom. The van der Waals surface area contributed by atoms with E-state index in [9.17, 15) is 9.59 Å². The van der Waals surface area contributed by atoms with Crippen LogP contribution in [-0.4, -0.2) is 33.3 Å². The number of hydrogen-bond donors (Lipinski definition) is 1. The van der Waals surface area contributed by atoms with Crippen LogP contribution in [0.25, 0.3) is 5.69 Å². The van der Waals surface area contributed by atoms with Crippen molar-refractivity contribution in [1.82, 2.24) is 14.3 Å². The number of hydrogen-bond acceptors (Lipinski definition) is 3. The second kappa shape index (κ2) is 9.24. The van der Waals surface area contributed by atoms with Crippen molar-refractivity contribution in [2.75, 3.05) is 18.4 Å². The minimum absolute atomic E-state index is 0.0608. The van der Waals surface area contributed by atoms with Gasteiger partial charge in [0.25, 0.3) is 5.56 Å². The fourth-order valence-corrected chi connectivity index (χ4v) is 4.40. The molecule has 6 nitrogen and oxygen atoms in total. The van der Waals surface area contributed by atoms with Crippen LogP contribution in [0.15, 0.2) is 63.9 Å². The van der Waals surface area contributed by atoms with Gasteiger partial charge in [-0.2, -0.15) is 0 Å². The maximum atomic E-state index is 13.0. The molecular formula is C24H27BrN4O2. The summed E-state index contributed by atoms with van der Waals surface area (Å²) in [6.45, 7) is 4.49. The Morgan fingerprint density at radius 1 is 1.06 bits per heavy atom. The van der Waals surface area contributed by atoms with E-state index in [0.717, 1.165) is 48.3 Å². The third kappa shape index (κ3) is 4.67. The van der Waals surface area contributed by atoms with Gasteiger partial charge in [0, 0.05) is 24.0 Å². The summed E-state index contributed by atoms with van der Waals surface area (Å²) in [5.41, 5.74) is 2.96. The lowest BCUT2D eigenvalue weighted by Crippen LogP contribution is -2.38. The zero-order valence-electron chi connectivity index (χ0n) is 17.8. The molecule has 0 aliphatic carbocycles. The molecule has 0 unspecified atom stereocenters. The topological polar surface area (TPSA) is 59.3 Å². The van der Waals surface area contributed by atoms with Crippen molar-refractivity contribution in [3.63, 3.8) is 0 Å². The van der Waals surface area contributed by atoms with Gasteiger partial charge in [-0.25, -0.2) is 4.68 Å². The second-order valence-electron chi connectivity index (χ2n) is 8.10. The third-order valence-electron chi connectivity index (χ3n) is 6.08. The smallest absolute Gasteiger partial charge is 0.295 e. The molecule has 0 saturated carbocycles. The van der Waals surface area contributed by atoms with E-state index in [2.05, 4.69) is 50.4 Å². The summed E-state index contributed by atoms with van der Waals surface area (Å²) in [5.74, 6) is -0.139.